The van der Waals surface area contributed by atoms with Crippen LogP contribution in [0.4, 0.5) is 0 Å². The standard InChI is InChI=1S/C18H23BN2O4/c22-17(14-10-18(14)5-7-20-8-6-18)21-16(19(23)24)9-12-11-25-15-4-2-1-3-13(12)15/h1-4,11,14,16,20,23-24H,5-10H2,(H,21,22)/t14?,16-/m0/s1. The molecule has 25 heavy (non-hydrogen) atoms. The molecular weight excluding hydrogens is 319 g/mol. The molecule has 1 unspecified atom stereocenters. The SMILES string of the molecule is O=C(N[C@@H](Cc1coc2ccccc12)B(O)O)C1CC12CCNCC2. The zero-order chi connectivity index (χ0) is 17.4. The fourth-order valence-electron chi connectivity index (χ4n) is 4.14. The Kier molecular flexibility index (Phi) is 4.31. The first-order valence-electron chi connectivity index (χ1n) is 8.91. The normalized spacial score (nSPS) is 22.7. The molecule has 1 saturated heterocycles. The van der Waals surface area contributed by atoms with Crippen molar-refractivity contribution in [2.24, 2.45) is 11.3 Å². The Bertz CT molecular complexity index is 769. The fourth-order valence-corrected chi connectivity index (χ4v) is 4.14. The van der Waals surface area contributed by atoms with Crippen LogP contribution >= 0.6 is 0 Å². The van der Waals surface area contributed by atoms with E-state index < -0.39 is 13.1 Å². The van der Waals surface area contributed by atoms with Gasteiger partial charge in [0, 0.05) is 11.3 Å². The molecule has 1 aliphatic heterocycles. The Morgan fingerprint density at radius 3 is 2.88 bits per heavy atom. The lowest BCUT2D eigenvalue weighted by molar-refractivity contribution is -0.123. The summed E-state index contributed by atoms with van der Waals surface area (Å²) in [5.41, 5.74) is 1.75. The number of hydrogen-bond acceptors (Lipinski definition) is 5. The third kappa shape index (κ3) is 3.19. The summed E-state index contributed by atoms with van der Waals surface area (Å²) in [5, 5.41) is 26.6. The van der Waals surface area contributed by atoms with E-state index in [0.29, 0.717) is 6.42 Å². The fraction of sp³-hybridized carbons (Fsp3) is 0.500. The lowest BCUT2D eigenvalue weighted by Crippen LogP contribution is -2.49. The molecule has 1 aromatic heterocycles. The molecule has 2 aliphatic rings. The number of piperidine rings is 1. The molecule has 4 N–H and O–H groups in total. The first-order chi connectivity index (χ1) is 12.1. The third-order valence-electron chi connectivity index (χ3n) is 5.79. The largest absolute Gasteiger partial charge is 0.475 e. The molecule has 0 bridgehead atoms. The van der Waals surface area contributed by atoms with Crippen LogP contribution in [0.15, 0.2) is 34.9 Å². The highest BCUT2D eigenvalue weighted by Crippen LogP contribution is 2.58. The maximum absolute atomic E-state index is 12.6. The first kappa shape index (κ1) is 16.6. The first-order valence-corrected chi connectivity index (χ1v) is 8.91. The van der Waals surface area contributed by atoms with Crippen LogP contribution in [-0.2, 0) is 11.2 Å². The molecule has 7 heteroatoms. The van der Waals surface area contributed by atoms with E-state index in [4.69, 9.17) is 4.42 Å². The van der Waals surface area contributed by atoms with Crippen LogP contribution < -0.4 is 10.6 Å². The second kappa shape index (κ2) is 6.48. The lowest BCUT2D eigenvalue weighted by Gasteiger charge is -2.24. The predicted molar refractivity (Wildman–Crippen MR) is 94.7 cm³/mol. The highest BCUT2D eigenvalue weighted by Gasteiger charge is 2.57. The summed E-state index contributed by atoms with van der Waals surface area (Å²) in [7, 11) is -1.61. The van der Waals surface area contributed by atoms with Crippen molar-refractivity contribution >= 4 is 24.0 Å². The van der Waals surface area contributed by atoms with E-state index in [0.717, 1.165) is 48.9 Å². The number of nitrogens with one attached hydrogen (secondary N) is 2. The molecule has 1 aliphatic carbocycles. The summed E-state index contributed by atoms with van der Waals surface area (Å²) in [6, 6.07) is 7.60. The Hall–Kier alpha value is -1.83. The second-order valence-corrected chi connectivity index (χ2v) is 7.36. The van der Waals surface area contributed by atoms with Gasteiger partial charge in [-0.05, 0) is 55.8 Å². The number of rotatable bonds is 5. The average molecular weight is 342 g/mol. The smallest absolute Gasteiger partial charge is 0.464 e. The molecule has 4 rings (SSSR count). The van der Waals surface area contributed by atoms with Crippen molar-refractivity contribution in [3.63, 3.8) is 0 Å². The molecule has 2 atom stereocenters. The summed E-state index contributed by atoms with van der Waals surface area (Å²) in [5.74, 6) is -0.808. The van der Waals surface area contributed by atoms with E-state index in [1.54, 1.807) is 6.26 Å². The van der Waals surface area contributed by atoms with Crippen LogP contribution in [-0.4, -0.2) is 42.1 Å². The molecule has 132 valence electrons. The van der Waals surface area contributed by atoms with Crippen LogP contribution in [0.1, 0.15) is 24.8 Å². The minimum absolute atomic E-state index is 0.00283. The van der Waals surface area contributed by atoms with Gasteiger partial charge in [0.2, 0.25) is 5.91 Å². The summed E-state index contributed by atoms with van der Waals surface area (Å²) in [6.07, 6.45) is 4.89. The van der Waals surface area contributed by atoms with Gasteiger partial charge in [0.15, 0.2) is 0 Å². The van der Waals surface area contributed by atoms with Gasteiger partial charge in [-0.25, -0.2) is 0 Å². The molecule has 2 heterocycles. The maximum Gasteiger partial charge on any atom is 0.475 e. The number of benzene rings is 1. The van der Waals surface area contributed by atoms with Gasteiger partial charge >= 0.3 is 7.12 Å². The highest BCUT2D eigenvalue weighted by atomic mass is 16.4. The average Bonchev–Trinajstić information content (AvgIpc) is 3.15. The van der Waals surface area contributed by atoms with E-state index in [1.165, 1.54) is 0 Å². The zero-order valence-electron chi connectivity index (χ0n) is 14.1. The van der Waals surface area contributed by atoms with Crippen LogP contribution in [0.2, 0.25) is 0 Å². The number of hydrogen-bond donors (Lipinski definition) is 4. The van der Waals surface area contributed by atoms with Crippen molar-refractivity contribution in [2.45, 2.75) is 31.6 Å². The Balaban J connectivity index is 1.44. The maximum atomic E-state index is 12.6. The second-order valence-electron chi connectivity index (χ2n) is 7.36. The quantitative estimate of drug-likeness (QED) is 0.605. The molecule has 0 radical (unpaired) electrons. The van der Waals surface area contributed by atoms with E-state index in [2.05, 4.69) is 10.6 Å². The van der Waals surface area contributed by atoms with Crippen LogP contribution in [0.25, 0.3) is 11.0 Å². The summed E-state index contributed by atoms with van der Waals surface area (Å²) < 4.78 is 5.50. The van der Waals surface area contributed by atoms with Gasteiger partial charge in [0.25, 0.3) is 0 Å². The van der Waals surface area contributed by atoms with Crippen molar-refractivity contribution in [3.05, 3.63) is 36.1 Å². The number of amides is 1. The molecule has 1 saturated carbocycles. The number of para-hydroxylation sites is 1. The number of furan rings is 1. The van der Waals surface area contributed by atoms with Crippen molar-refractivity contribution < 1.29 is 19.3 Å². The minimum Gasteiger partial charge on any atom is -0.464 e. The van der Waals surface area contributed by atoms with Gasteiger partial charge < -0.3 is 25.1 Å². The zero-order valence-corrected chi connectivity index (χ0v) is 14.1. The number of fused-ring (bicyclic) bond motifs is 1. The molecule has 1 amide bonds. The summed E-state index contributed by atoms with van der Waals surface area (Å²) >= 11 is 0. The highest BCUT2D eigenvalue weighted by molar-refractivity contribution is 6.43. The van der Waals surface area contributed by atoms with Crippen molar-refractivity contribution in [3.8, 4) is 0 Å². The Labute approximate surface area is 146 Å². The Morgan fingerprint density at radius 2 is 2.12 bits per heavy atom. The van der Waals surface area contributed by atoms with Gasteiger partial charge in [-0.3, -0.25) is 4.79 Å². The van der Waals surface area contributed by atoms with E-state index >= 15 is 0 Å². The van der Waals surface area contributed by atoms with Gasteiger partial charge in [0.1, 0.15) is 5.58 Å². The summed E-state index contributed by atoms with van der Waals surface area (Å²) in [4.78, 5) is 12.6. The lowest BCUT2D eigenvalue weighted by atomic mass is 9.75. The van der Waals surface area contributed by atoms with Crippen LogP contribution in [0.5, 0.6) is 0 Å². The number of carbonyl (C=O) groups is 1. The van der Waals surface area contributed by atoms with Gasteiger partial charge in [-0.1, -0.05) is 18.2 Å². The van der Waals surface area contributed by atoms with Crippen LogP contribution in [0.3, 0.4) is 0 Å². The van der Waals surface area contributed by atoms with Gasteiger partial charge in [-0.15, -0.1) is 0 Å². The van der Waals surface area contributed by atoms with Crippen molar-refractivity contribution in [2.75, 3.05) is 13.1 Å². The summed E-state index contributed by atoms with van der Waals surface area (Å²) in [6.45, 7) is 1.91. The molecular formula is C18H23BN2O4. The Morgan fingerprint density at radius 1 is 1.36 bits per heavy atom. The van der Waals surface area contributed by atoms with Gasteiger partial charge in [-0.2, -0.15) is 0 Å². The molecule has 6 nitrogen and oxygen atoms in total. The minimum atomic E-state index is -1.61. The van der Waals surface area contributed by atoms with E-state index in [1.807, 2.05) is 24.3 Å². The molecule has 2 aromatic rings. The van der Waals surface area contributed by atoms with Gasteiger partial charge in [0.05, 0.1) is 12.2 Å². The van der Waals surface area contributed by atoms with Crippen molar-refractivity contribution in [1.29, 1.82) is 0 Å². The number of carbonyl (C=O) groups excluding carboxylic acids is 1. The third-order valence-corrected chi connectivity index (χ3v) is 5.79. The molecule has 1 spiro atoms. The van der Waals surface area contributed by atoms with Crippen molar-refractivity contribution in [1.82, 2.24) is 10.6 Å². The van der Waals surface area contributed by atoms with E-state index in [9.17, 15) is 14.8 Å². The van der Waals surface area contributed by atoms with E-state index in [-0.39, 0.29) is 17.2 Å². The topological polar surface area (TPSA) is 94.7 Å². The van der Waals surface area contributed by atoms with Crippen LogP contribution in [0, 0.1) is 11.3 Å². The monoisotopic (exact) mass is 342 g/mol. The molecule has 2 fully saturated rings. The molecule has 1 aromatic carbocycles. The predicted octanol–water partition coefficient (Wildman–Crippen LogP) is 0.862.